The lowest BCUT2D eigenvalue weighted by molar-refractivity contribution is 1.19. The third kappa shape index (κ3) is 3.82. The number of aryl methyl sites for hydroxylation is 1. The van der Waals surface area contributed by atoms with E-state index in [9.17, 15) is 0 Å². The average molecular weight is 191 g/mol. The Balaban J connectivity index is 0. The summed E-state index contributed by atoms with van der Waals surface area (Å²) in [5.41, 5.74) is 1.55. The summed E-state index contributed by atoms with van der Waals surface area (Å²) in [6.07, 6.45) is 1.56. The van der Waals surface area contributed by atoms with Crippen LogP contribution in [-0.2, 0) is 0 Å². The van der Waals surface area contributed by atoms with Gasteiger partial charge in [0.2, 0.25) is 0 Å². The van der Waals surface area contributed by atoms with Crippen LogP contribution in [0.1, 0.15) is 11.3 Å². The molecule has 0 aliphatic carbocycles. The highest BCUT2D eigenvalue weighted by Gasteiger charge is 1.86. The maximum atomic E-state index is 8.34. The van der Waals surface area contributed by atoms with Gasteiger partial charge < -0.3 is 0 Å². The van der Waals surface area contributed by atoms with Gasteiger partial charge >= 0.3 is 0 Å². The third-order valence-electron chi connectivity index (χ3n) is 1.04. The average Bonchev–Trinajstić information content (AvgIpc) is 1.90. The largest absolute Gasteiger partial charge is 0.260 e. The lowest BCUT2D eigenvalue weighted by Gasteiger charge is -1.87. The van der Waals surface area contributed by atoms with Gasteiger partial charge in [-0.1, -0.05) is 0 Å². The molecule has 1 rings (SSSR count). The summed E-state index contributed by atoms with van der Waals surface area (Å²) in [4.78, 5) is 3.93. The van der Waals surface area contributed by atoms with Crippen molar-refractivity contribution in [3.8, 4) is 6.07 Å². The predicted molar refractivity (Wildman–Crippen MR) is 48.2 cm³/mol. The minimum atomic E-state index is 0. The SMILES string of the molecule is Cc1ccc(C#N)cn1.Cl.Cl. The molecule has 0 aliphatic heterocycles. The van der Waals surface area contributed by atoms with Crippen molar-refractivity contribution >= 4 is 24.8 Å². The molecule has 1 aromatic heterocycles. The molecular weight excluding hydrogens is 183 g/mol. The van der Waals surface area contributed by atoms with Gasteiger partial charge in [0, 0.05) is 11.9 Å². The Morgan fingerprint density at radius 3 is 2.36 bits per heavy atom. The first-order chi connectivity index (χ1) is 4.33. The maximum Gasteiger partial charge on any atom is 0.101 e. The van der Waals surface area contributed by atoms with Crippen molar-refractivity contribution in [1.29, 1.82) is 5.26 Å². The molecule has 2 nitrogen and oxygen atoms in total. The quantitative estimate of drug-likeness (QED) is 0.629. The summed E-state index contributed by atoms with van der Waals surface area (Å²) < 4.78 is 0. The van der Waals surface area contributed by atoms with Crippen LogP contribution in [0.25, 0.3) is 0 Å². The summed E-state index contributed by atoms with van der Waals surface area (Å²) in [6, 6.07) is 5.56. The molecule has 0 N–H and O–H groups in total. The molecule has 0 aliphatic rings. The van der Waals surface area contributed by atoms with E-state index in [2.05, 4.69) is 4.98 Å². The summed E-state index contributed by atoms with van der Waals surface area (Å²) in [5, 5.41) is 8.34. The van der Waals surface area contributed by atoms with Crippen LogP contribution in [-0.4, -0.2) is 4.98 Å². The highest BCUT2D eigenvalue weighted by Crippen LogP contribution is 1.95. The van der Waals surface area contributed by atoms with E-state index in [1.165, 1.54) is 0 Å². The van der Waals surface area contributed by atoms with Crippen LogP contribution in [0.2, 0.25) is 0 Å². The Bertz CT molecular complexity index is 238. The van der Waals surface area contributed by atoms with Gasteiger partial charge in [-0.15, -0.1) is 24.8 Å². The molecule has 0 amide bonds. The summed E-state index contributed by atoms with van der Waals surface area (Å²) in [5.74, 6) is 0. The lowest BCUT2D eigenvalue weighted by Crippen LogP contribution is -1.79. The molecule has 1 aromatic rings. The fourth-order valence-corrected chi connectivity index (χ4v) is 0.534. The van der Waals surface area contributed by atoms with Crippen LogP contribution in [0.4, 0.5) is 0 Å². The number of halogens is 2. The Labute approximate surface area is 78.1 Å². The standard InChI is InChI=1S/C7H6N2.2ClH/c1-6-2-3-7(4-8)5-9-6;;/h2-3,5H,1H3;2*1H. The smallest absolute Gasteiger partial charge is 0.101 e. The van der Waals surface area contributed by atoms with E-state index in [0.717, 1.165) is 5.69 Å². The minimum absolute atomic E-state index is 0. The lowest BCUT2D eigenvalue weighted by atomic mass is 10.3. The van der Waals surface area contributed by atoms with E-state index >= 15 is 0 Å². The number of nitrogens with zero attached hydrogens (tertiary/aromatic N) is 2. The zero-order valence-electron chi connectivity index (χ0n) is 5.94. The van der Waals surface area contributed by atoms with Gasteiger partial charge in [-0.05, 0) is 19.1 Å². The van der Waals surface area contributed by atoms with Crippen molar-refractivity contribution in [2.45, 2.75) is 6.92 Å². The minimum Gasteiger partial charge on any atom is -0.260 e. The van der Waals surface area contributed by atoms with Gasteiger partial charge in [0.15, 0.2) is 0 Å². The molecule has 0 saturated heterocycles. The van der Waals surface area contributed by atoms with Gasteiger partial charge in [0.05, 0.1) is 5.56 Å². The maximum absolute atomic E-state index is 8.34. The van der Waals surface area contributed by atoms with Crippen LogP contribution < -0.4 is 0 Å². The predicted octanol–water partition coefficient (Wildman–Crippen LogP) is 2.11. The molecule has 0 radical (unpaired) electrons. The van der Waals surface area contributed by atoms with E-state index in [-0.39, 0.29) is 24.8 Å². The van der Waals surface area contributed by atoms with Crippen molar-refractivity contribution in [1.82, 2.24) is 4.98 Å². The van der Waals surface area contributed by atoms with E-state index in [4.69, 9.17) is 5.26 Å². The second-order valence-corrected chi connectivity index (χ2v) is 1.80. The van der Waals surface area contributed by atoms with Crippen molar-refractivity contribution in [2.24, 2.45) is 0 Å². The molecule has 0 atom stereocenters. The highest BCUT2D eigenvalue weighted by molar-refractivity contribution is 5.85. The van der Waals surface area contributed by atoms with Crippen molar-refractivity contribution < 1.29 is 0 Å². The van der Waals surface area contributed by atoms with Crippen LogP contribution in [0, 0.1) is 18.3 Å². The first kappa shape index (κ1) is 12.9. The number of hydrogen-bond acceptors (Lipinski definition) is 2. The van der Waals surface area contributed by atoms with E-state index in [1.54, 1.807) is 12.3 Å². The highest BCUT2D eigenvalue weighted by atomic mass is 35.5. The van der Waals surface area contributed by atoms with Crippen LogP contribution >= 0.6 is 24.8 Å². The molecule has 0 unspecified atom stereocenters. The van der Waals surface area contributed by atoms with E-state index in [0.29, 0.717) is 5.56 Å². The Hall–Kier alpha value is -0.780. The number of pyridine rings is 1. The van der Waals surface area contributed by atoms with Crippen LogP contribution in [0.5, 0.6) is 0 Å². The first-order valence-electron chi connectivity index (χ1n) is 2.65. The van der Waals surface area contributed by atoms with Gasteiger partial charge in [-0.2, -0.15) is 5.26 Å². The van der Waals surface area contributed by atoms with Gasteiger partial charge in [0.25, 0.3) is 0 Å². The van der Waals surface area contributed by atoms with Crippen molar-refractivity contribution in [3.05, 3.63) is 29.6 Å². The van der Waals surface area contributed by atoms with Crippen LogP contribution in [0.15, 0.2) is 18.3 Å². The molecule has 0 fully saturated rings. The second-order valence-electron chi connectivity index (χ2n) is 1.80. The molecule has 60 valence electrons. The fourth-order valence-electron chi connectivity index (χ4n) is 0.534. The second kappa shape index (κ2) is 5.96. The summed E-state index contributed by atoms with van der Waals surface area (Å²) in [7, 11) is 0. The molecule has 0 bridgehead atoms. The molecule has 0 spiro atoms. The first-order valence-corrected chi connectivity index (χ1v) is 2.65. The summed E-state index contributed by atoms with van der Waals surface area (Å²) >= 11 is 0. The molecule has 11 heavy (non-hydrogen) atoms. The Morgan fingerprint density at radius 2 is 2.00 bits per heavy atom. The van der Waals surface area contributed by atoms with Gasteiger partial charge in [-0.25, -0.2) is 0 Å². The topological polar surface area (TPSA) is 36.7 Å². The summed E-state index contributed by atoms with van der Waals surface area (Å²) in [6.45, 7) is 1.89. The Kier molecular flexibility index (Phi) is 6.97. The number of nitriles is 1. The number of rotatable bonds is 0. The molecular formula is C7H8Cl2N2. The zero-order chi connectivity index (χ0) is 6.69. The van der Waals surface area contributed by atoms with Crippen molar-refractivity contribution in [2.75, 3.05) is 0 Å². The van der Waals surface area contributed by atoms with Gasteiger partial charge in [0.1, 0.15) is 6.07 Å². The Morgan fingerprint density at radius 1 is 1.36 bits per heavy atom. The van der Waals surface area contributed by atoms with Gasteiger partial charge in [-0.3, -0.25) is 4.98 Å². The van der Waals surface area contributed by atoms with E-state index in [1.807, 2.05) is 19.1 Å². The molecule has 4 heteroatoms. The number of hydrogen-bond donors (Lipinski definition) is 0. The molecule has 1 heterocycles. The monoisotopic (exact) mass is 190 g/mol. The molecule has 0 aromatic carbocycles. The van der Waals surface area contributed by atoms with E-state index < -0.39 is 0 Å². The third-order valence-corrected chi connectivity index (χ3v) is 1.04. The molecule has 0 saturated carbocycles. The zero-order valence-corrected chi connectivity index (χ0v) is 7.58. The fraction of sp³-hybridized carbons (Fsp3) is 0.143. The normalized spacial score (nSPS) is 6.91. The van der Waals surface area contributed by atoms with Crippen LogP contribution in [0.3, 0.4) is 0 Å². The van der Waals surface area contributed by atoms with Crippen molar-refractivity contribution in [3.63, 3.8) is 0 Å². The number of aromatic nitrogens is 1.